The van der Waals surface area contributed by atoms with Crippen molar-refractivity contribution in [2.24, 2.45) is 0 Å². The molecule has 1 aliphatic heterocycles. The van der Waals surface area contributed by atoms with Crippen LogP contribution >= 0.6 is 0 Å². The minimum atomic E-state index is 0.0952. The number of fused-ring (bicyclic) bond motifs is 3. The number of carbonyl (C=O) groups excluding carboxylic acids is 1. The summed E-state index contributed by atoms with van der Waals surface area (Å²) in [4.78, 5) is 14.1. The van der Waals surface area contributed by atoms with Crippen molar-refractivity contribution in [2.45, 2.75) is 44.1 Å². The minimum absolute atomic E-state index is 0.0952. The Balaban J connectivity index is 1.64. The summed E-state index contributed by atoms with van der Waals surface area (Å²) in [7, 11) is 1.98. The molecule has 2 atom stereocenters. The lowest BCUT2D eigenvalue weighted by molar-refractivity contribution is -0.138. The highest BCUT2D eigenvalue weighted by atomic mass is 16.2. The molecule has 0 unspecified atom stereocenters. The van der Waals surface area contributed by atoms with Crippen LogP contribution in [0.15, 0.2) is 48.5 Å². The van der Waals surface area contributed by atoms with Gasteiger partial charge in [-0.2, -0.15) is 0 Å². The molecule has 0 spiro atoms. The molecule has 1 fully saturated rings. The van der Waals surface area contributed by atoms with Gasteiger partial charge in [0.05, 0.1) is 0 Å². The zero-order chi connectivity index (χ0) is 17.4. The van der Waals surface area contributed by atoms with Gasteiger partial charge >= 0.3 is 0 Å². The molecule has 2 nitrogen and oxygen atoms in total. The molecular formula is C23H25NO. The number of rotatable bonds is 2. The Morgan fingerprint density at radius 1 is 1.04 bits per heavy atom. The quantitative estimate of drug-likeness (QED) is 0.732. The SMILES string of the molecule is CN1C(=O)CC[C@]2(C)c3ccc(/C=C\c4ccccc4)cc3CC[C@@H]12. The maximum absolute atomic E-state index is 12.1. The van der Waals surface area contributed by atoms with Crippen LogP contribution in [0.1, 0.15) is 48.4 Å². The molecule has 1 amide bonds. The molecule has 1 aliphatic carbocycles. The molecule has 2 aromatic carbocycles. The fourth-order valence-electron chi connectivity index (χ4n) is 4.67. The van der Waals surface area contributed by atoms with Gasteiger partial charge in [-0.15, -0.1) is 0 Å². The number of hydrogen-bond donors (Lipinski definition) is 0. The van der Waals surface area contributed by atoms with Crippen LogP contribution < -0.4 is 0 Å². The van der Waals surface area contributed by atoms with E-state index in [0.717, 1.165) is 19.3 Å². The lowest BCUT2D eigenvalue weighted by Crippen LogP contribution is -2.56. The van der Waals surface area contributed by atoms with Crippen molar-refractivity contribution in [2.75, 3.05) is 7.05 Å². The summed E-state index contributed by atoms with van der Waals surface area (Å²) in [5.74, 6) is 0.299. The van der Waals surface area contributed by atoms with Crippen LogP contribution in [0, 0.1) is 0 Å². The molecule has 0 saturated carbocycles. The molecule has 2 aliphatic rings. The van der Waals surface area contributed by atoms with E-state index in [2.05, 4.69) is 61.5 Å². The molecule has 0 radical (unpaired) electrons. The van der Waals surface area contributed by atoms with Crippen LogP contribution in [-0.4, -0.2) is 23.9 Å². The summed E-state index contributed by atoms with van der Waals surface area (Å²) in [6, 6.07) is 17.6. The Hall–Kier alpha value is -2.35. The van der Waals surface area contributed by atoms with Crippen LogP contribution in [0.2, 0.25) is 0 Å². The van der Waals surface area contributed by atoms with E-state index in [0.29, 0.717) is 18.4 Å². The number of carbonyl (C=O) groups is 1. The Morgan fingerprint density at radius 3 is 2.60 bits per heavy atom. The molecule has 1 heterocycles. The molecule has 0 bridgehead atoms. The number of aryl methyl sites for hydroxylation is 1. The monoisotopic (exact) mass is 331 g/mol. The average molecular weight is 331 g/mol. The zero-order valence-electron chi connectivity index (χ0n) is 15.0. The van der Waals surface area contributed by atoms with Gasteiger partial charge in [-0.05, 0) is 41.5 Å². The molecule has 128 valence electrons. The Morgan fingerprint density at radius 2 is 1.80 bits per heavy atom. The summed E-state index contributed by atoms with van der Waals surface area (Å²) < 4.78 is 0. The maximum atomic E-state index is 12.1. The number of nitrogens with zero attached hydrogens (tertiary/aromatic N) is 1. The van der Waals surface area contributed by atoms with E-state index in [1.807, 2.05) is 18.0 Å². The van der Waals surface area contributed by atoms with E-state index >= 15 is 0 Å². The molecule has 1 saturated heterocycles. The van der Waals surface area contributed by atoms with E-state index in [9.17, 15) is 4.79 Å². The van der Waals surface area contributed by atoms with E-state index in [-0.39, 0.29) is 5.41 Å². The number of likely N-dealkylation sites (tertiary alicyclic amines) is 1. The standard InChI is InChI=1S/C23H25NO/c1-23-15-14-22(25)24(2)21(23)13-11-19-16-18(10-12-20(19)23)9-8-17-6-4-3-5-7-17/h3-10,12,16,21H,11,13-15H2,1-2H3/b9-8-/t21-,23-/m1/s1. The molecule has 0 N–H and O–H groups in total. The Labute approximate surface area is 150 Å². The number of piperidine rings is 1. The predicted octanol–water partition coefficient (Wildman–Crippen LogP) is 4.68. The maximum Gasteiger partial charge on any atom is 0.222 e. The molecule has 25 heavy (non-hydrogen) atoms. The van der Waals surface area contributed by atoms with Gasteiger partial charge in [0, 0.05) is 24.9 Å². The second-order valence-electron chi connectivity index (χ2n) is 7.64. The highest BCUT2D eigenvalue weighted by Gasteiger charge is 2.46. The zero-order valence-corrected chi connectivity index (χ0v) is 15.0. The first-order chi connectivity index (χ1) is 12.1. The van der Waals surface area contributed by atoms with Gasteiger partial charge in [-0.3, -0.25) is 4.79 Å². The Bertz CT molecular complexity index is 823. The predicted molar refractivity (Wildman–Crippen MR) is 103 cm³/mol. The van der Waals surface area contributed by atoms with Gasteiger partial charge in [0.2, 0.25) is 5.91 Å². The van der Waals surface area contributed by atoms with Crippen molar-refractivity contribution < 1.29 is 4.79 Å². The van der Waals surface area contributed by atoms with Gasteiger partial charge in [0.15, 0.2) is 0 Å². The van der Waals surface area contributed by atoms with Gasteiger partial charge in [0.1, 0.15) is 0 Å². The van der Waals surface area contributed by atoms with E-state index in [4.69, 9.17) is 0 Å². The third kappa shape index (κ3) is 2.80. The van der Waals surface area contributed by atoms with Crippen LogP contribution in [0.3, 0.4) is 0 Å². The number of hydrogen-bond acceptors (Lipinski definition) is 1. The number of amides is 1. The van der Waals surface area contributed by atoms with Crippen molar-refractivity contribution in [3.8, 4) is 0 Å². The largest absolute Gasteiger partial charge is 0.342 e. The van der Waals surface area contributed by atoms with Crippen LogP contribution in [0.5, 0.6) is 0 Å². The summed E-state index contributed by atoms with van der Waals surface area (Å²) in [6.45, 7) is 2.35. The molecule has 0 aromatic heterocycles. The molecule has 2 aromatic rings. The van der Waals surface area contributed by atoms with Crippen LogP contribution in [0.4, 0.5) is 0 Å². The summed E-state index contributed by atoms with van der Waals surface area (Å²) >= 11 is 0. The minimum Gasteiger partial charge on any atom is -0.342 e. The van der Waals surface area contributed by atoms with Gasteiger partial charge < -0.3 is 4.90 Å². The van der Waals surface area contributed by atoms with Gasteiger partial charge in [0.25, 0.3) is 0 Å². The molecular weight excluding hydrogens is 306 g/mol. The first-order valence-corrected chi connectivity index (χ1v) is 9.20. The van der Waals surface area contributed by atoms with Crippen molar-refractivity contribution in [3.63, 3.8) is 0 Å². The number of likely N-dealkylation sites (N-methyl/N-ethyl adjacent to an activating group) is 1. The average Bonchev–Trinajstić information content (AvgIpc) is 2.64. The fraction of sp³-hybridized carbons (Fsp3) is 0.348. The van der Waals surface area contributed by atoms with Crippen molar-refractivity contribution in [1.82, 2.24) is 4.90 Å². The van der Waals surface area contributed by atoms with Crippen molar-refractivity contribution in [1.29, 1.82) is 0 Å². The summed E-state index contributed by atoms with van der Waals surface area (Å²) in [6.07, 6.45) is 8.12. The third-order valence-corrected chi connectivity index (χ3v) is 6.15. The first-order valence-electron chi connectivity index (χ1n) is 9.20. The summed E-state index contributed by atoms with van der Waals surface area (Å²) in [5.41, 5.74) is 5.47. The second-order valence-corrected chi connectivity index (χ2v) is 7.64. The van der Waals surface area contributed by atoms with Gasteiger partial charge in [-0.25, -0.2) is 0 Å². The third-order valence-electron chi connectivity index (χ3n) is 6.15. The van der Waals surface area contributed by atoms with E-state index in [1.54, 1.807) is 0 Å². The molecule has 2 heteroatoms. The van der Waals surface area contributed by atoms with E-state index < -0.39 is 0 Å². The van der Waals surface area contributed by atoms with Gasteiger partial charge in [-0.1, -0.05) is 67.6 Å². The lowest BCUT2D eigenvalue weighted by atomic mass is 9.63. The van der Waals surface area contributed by atoms with Crippen LogP contribution in [0.25, 0.3) is 12.2 Å². The highest BCUT2D eigenvalue weighted by molar-refractivity contribution is 5.78. The smallest absolute Gasteiger partial charge is 0.222 e. The van der Waals surface area contributed by atoms with Crippen molar-refractivity contribution in [3.05, 3.63) is 70.8 Å². The van der Waals surface area contributed by atoms with Crippen molar-refractivity contribution >= 4 is 18.1 Å². The fourth-order valence-corrected chi connectivity index (χ4v) is 4.67. The normalized spacial score (nSPS) is 25.8. The van der Waals surface area contributed by atoms with Crippen LogP contribution in [-0.2, 0) is 16.6 Å². The topological polar surface area (TPSA) is 20.3 Å². The number of benzene rings is 2. The second kappa shape index (κ2) is 6.18. The molecule has 4 rings (SSSR count). The lowest BCUT2D eigenvalue weighted by Gasteiger charge is -2.50. The highest BCUT2D eigenvalue weighted by Crippen LogP contribution is 2.45. The summed E-state index contributed by atoms with van der Waals surface area (Å²) in [5, 5.41) is 0. The first kappa shape index (κ1) is 16.1. The Kier molecular flexibility index (Phi) is 3.99. The van der Waals surface area contributed by atoms with E-state index in [1.165, 1.54) is 22.3 Å².